The van der Waals surface area contributed by atoms with Gasteiger partial charge in [-0.05, 0) is 30.2 Å². The molecule has 21 heavy (non-hydrogen) atoms. The van der Waals surface area contributed by atoms with E-state index in [-0.39, 0.29) is 6.04 Å². The molecule has 3 nitrogen and oxygen atoms in total. The fourth-order valence-corrected chi connectivity index (χ4v) is 2.45. The van der Waals surface area contributed by atoms with Crippen LogP contribution in [0.25, 0.3) is 5.69 Å². The number of benzene rings is 2. The molecule has 2 aromatic carbocycles. The van der Waals surface area contributed by atoms with Crippen LogP contribution in [0.5, 0.6) is 0 Å². The van der Waals surface area contributed by atoms with Gasteiger partial charge in [0.1, 0.15) is 0 Å². The van der Waals surface area contributed by atoms with Gasteiger partial charge in [-0.2, -0.15) is 5.10 Å². The molecule has 1 unspecified atom stereocenters. The summed E-state index contributed by atoms with van der Waals surface area (Å²) in [5.74, 6) is 0. The number of hydrogen-bond acceptors (Lipinski definition) is 2. The molecule has 0 aliphatic carbocycles. The zero-order valence-corrected chi connectivity index (χ0v) is 12.1. The van der Waals surface area contributed by atoms with Crippen LogP contribution >= 0.6 is 0 Å². The van der Waals surface area contributed by atoms with Crippen molar-refractivity contribution in [2.45, 2.75) is 19.5 Å². The normalized spacial score (nSPS) is 12.2. The molecule has 1 aromatic heterocycles. The molecule has 3 heteroatoms. The molecule has 1 heterocycles. The van der Waals surface area contributed by atoms with E-state index in [4.69, 9.17) is 0 Å². The Morgan fingerprint density at radius 1 is 1.00 bits per heavy atom. The van der Waals surface area contributed by atoms with Crippen LogP contribution in [0.2, 0.25) is 0 Å². The third-order valence-corrected chi connectivity index (χ3v) is 3.61. The number of nitrogens with one attached hydrogen (secondary N) is 1. The maximum Gasteiger partial charge on any atom is 0.0693 e. The minimum atomic E-state index is 0.255. The number of hydrogen-bond donors (Lipinski definition) is 1. The number of aromatic nitrogens is 2. The number of para-hydroxylation sites is 1. The molecule has 0 fully saturated rings. The summed E-state index contributed by atoms with van der Waals surface area (Å²) in [6, 6.07) is 21.0. The Morgan fingerprint density at radius 2 is 1.76 bits per heavy atom. The molecule has 0 radical (unpaired) electrons. The minimum Gasteiger partial charge on any atom is -0.306 e. The van der Waals surface area contributed by atoms with Crippen molar-refractivity contribution < 1.29 is 0 Å². The van der Waals surface area contributed by atoms with Crippen molar-refractivity contribution in [1.82, 2.24) is 15.1 Å². The van der Waals surface area contributed by atoms with Crippen LogP contribution in [0.1, 0.15) is 24.1 Å². The van der Waals surface area contributed by atoms with Crippen LogP contribution in [0.3, 0.4) is 0 Å². The monoisotopic (exact) mass is 277 g/mol. The second kappa shape index (κ2) is 6.37. The molecule has 0 aliphatic heterocycles. The molecule has 0 saturated carbocycles. The molecule has 3 rings (SSSR count). The lowest BCUT2D eigenvalue weighted by molar-refractivity contribution is 0.570. The van der Waals surface area contributed by atoms with Crippen molar-refractivity contribution >= 4 is 0 Å². The van der Waals surface area contributed by atoms with Crippen LogP contribution in [0.4, 0.5) is 0 Å². The Morgan fingerprint density at radius 3 is 2.52 bits per heavy atom. The lowest BCUT2D eigenvalue weighted by Crippen LogP contribution is -2.19. The number of nitrogens with zero attached hydrogens (tertiary/aromatic N) is 2. The van der Waals surface area contributed by atoms with E-state index in [1.165, 1.54) is 11.1 Å². The van der Waals surface area contributed by atoms with E-state index in [9.17, 15) is 0 Å². The SMILES string of the molecule is CC(NCc1ccccc1)c1ccccc1-n1cccn1. The predicted molar refractivity (Wildman–Crippen MR) is 85.3 cm³/mol. The maximum atomic E-state index is 4.34. The average Bonchev–Trinajstić information content (AvgIpc) is 3.08. The molecule has 1 atom stereocenters. The van der Waals surface area contributed by atoms with E-state index in [1.54, 1.807) is 6.20 Å². The highest BCUT2D eigenvalue weighted by molar-refractivity contribution is 5.42. The van der Waals surface area contributed by atoms with Crippen molar-refractivity contribution in [3.8, 4) is 5.69 Å². The van der Waals surface area contributed by atoms with Crippen molar-refractivity contribution in [2.75, 3.05) is 0 Å². The molecular formula is C18H19N3. The highest BCUT2D eigenvalue weighted by atomic mass is 15.3. The van der Waals surface area contributed by atoms with E-state index in [0.29, 0.717) is 0 Å². The van der Waals surface area contributed by atoms with Crippen LogP contribution in [0, 0.1) is 0 Å². The molecule has 0 saturated heterocycles. The van der Waals surface area contributed by atoms with Gasteiger partial charge >= 0.3 is 0 Å². The fourth-order valence-electron chi connectivity index (χ4n) is 2.45. The summed E-state index contributed by atoms with van der Waals surface area (Å²) in [5.41, 5.74) is 3.66. The first-order valence-electron chi connectivity index (χ1n) is 7.21. The van der Waals surface area contributed by atoms with Crippen LogP contribution in [0.15, 0.2) is 73.1 Å². The van der Waals surface area contributed by atoms with E-state index in [0.717, 1.165) is 12.2 Å². The smallest absolute Gasteiger partial charge is 0.0693 e. The van der Waals surface area contributed by atoms with Gasteiger partial charge < -0.3 is 5.32 Å². The van der Waals surface area contributed by atoms with E-state index >= 15 is 0 Å². The summed E-state index contributed by atoms with van der Waals surface area (Å²) in [6.07, 6.45) is 3.78. The van der Waals surface area contributed by atoms with Crippen molar-refractivity contribution in [3.63, 3.8) is 0 Å². The Bertz CT molecular complexity index is 675. The summed E-state index contributed by atoms with van der Waals surface area (Å²) >= 11 is 0. The third kappa shape index (κ3) is 3.20. The first kappa shape index (κ1) is 13.6. The molecule has 0 bridgehead atoms. The first-order valence-corrected chi connectivity index (χ1v) is 7.21. The topological polar surface area (TPSA) is 29.9 Å². The second-order valence-corrected chi connectivity index (χ2v) is 5.10. The highest BCUT2D eigenvalue weighted by Crippen LogP contribution is 2.21. The van der Waals surface area contributed by atoms with Gasteiger partial charge in [-0.25, -0.2) is 4.68 Å². The zero-order chi connectivity index (χ0) is 14.5. The molecule has 1 N–H and O–H groups in total. The average molecular weight is 277 g/mol. The van der Waals surface area contributed by atoms with Gasteiger partial charge in [-0.1, -0.05) is 48.5 Å². The maximum absolute atomic E-state index is 4.34. The van der Waals surface area contributed by atoms with Crippen molar-refractivity contribution in [2.24, 2.45) is 0 Å². The lowest BCUT2D eigenvalue weighted by atomic mass is 10.1. The Labute approximate surface area is 125 Å². The van der Waals surface area contributed by atoms with Crippen LogP contribution in [-0.2, 0) is 6.54 Å². The van der Waals surface area contributed by atoms with E-state index in [1.807, 2.05) is 29.1 Å². The Hall–Kier alpha value is -2.39. The van der Waals surface area contributed by atoms with Crippen molar-refractivity contribution in [1.29, 1.82) is 0 Å². The molecule has 0 aliphatic rings. The van der Waals surface area contributed by atoms with Crippen molar-refractivity contribution in [3.05, 3.63) is 84.2 Å². The summed E-state index contributed by atoms with van der Waals surface area (Å²) in [4.78, 5) is 0. The summed E-state index contributed by atoms with van der Waals surface area (Å²) in [6.45, 7) is 3.04. The molecule has 106 valence electrons. The van der Waals surface area contributed by atoms with Crippen LogP contribution < -0.4 is 5.32 Å². The van der Waals surface area contributed by atoms with Gasteiger partial charge in [0.15, 0.2) is 0 Å². The standard InChI is InChI=1S/C18H19N3/c1-15(19-14-16-8-3-2-4-9-16)17-10-5-6-11-18(17)21-13-7-12-20-21/h2-13,15,19H,14H2,1H3. The highest BCUT2D eigenvalue weighted by Gasteiger charge is 2.11. The van der Waals surface area contributed by atoms with Crippen LogP contribution in [-0.4, -0.2) is 9.78 Å². The quantitative estimate of drug-likeness (QED) is 0.770. The van der Waals surface area contributed by atoms with Gasteiger partial charge in [0.2, 0.25) is 0 Å². The van der Waals surface area contributed by atoms with Gasteiger partial charge in [0.05, 0.1) is 5.69 Å². The number of rotatable bonds is 5. The summed E-state index contributed by atoms with van der Waals surface area (Å²) in [5, 5.41) is 7.91. The van der Waals surface area contributed by atoms with Gasteiger partial charge in [-0.3, -0.25) is 0 Å². The largest absolute Gasteiger partial charge is 0.306 e. The fraction of sp³-hybridized carbons (Fsp3) is 0.167. The first-order chi connectivity index (χ1) is 10.3. The Balaban J connectivity index is 1.77. The second-order valence-electron chi connectivity index (χ2n) is 5.10. The Kier molecular flexibility index (Phi) is 4.12. The van der Waals surface area contributed by atoms with Gasteiger partial charge in [-0.15, -0.1) is 0 Å². The van der Waals surface area contributed by atoms with E-state index < -0.39 is 0 Å². The van der Waals surface area contributed by atoms with Gasteiger partial charge in [0.25, 0.3) is 0 Å². The summed E-state index contributed by atoms with van der Waals surface area (Å²) < 4.78 is 1.91. The molecule has 3 aromatic rings. The minimum absolute atomic E-state index is 0.255. The predicted octanol–water partition coefficient (Wildman–Crippen LogP) is 3.72. The lowest BCUT2D eigenvalue weighted by Gasteiger charge is -2.18. The molecule has 0 spiro atoms. The molecular weight excluding hydrogens is 258 g/mol. The summed E-state index contributed by atoms with van der Waals surface area (Å²) in [7, 11) is 0. The third-order valence-electron chi connectivity index (χ3n) is 3.61. The van der Waals surface area contributed by atoms with Gasteiger partial charge in [0, 0.05) is 25.0 Å². The zero-order valence-electron chi connectivity index (χ0n) is 12.1. The molecule has 0 amide bonds. The van der Waals surface area contributed by atoms with E-state index in [2.05, 4.69) is 59.8 Å².